The Balaban J connectivity index is 1.05. The number of nitrogens with zero attached hydrogens (tertiary/aromatic N) is 11. The molecule has 13 N–H and O–H groups in total. The molecule has 0 saturated carbocycles. The zero-order chi connectivity index (χ0) is 88.6. The van der Waals surface area contributed by atoms with Crippen molar-refractivity contribution in [3.63, 3.8) is 0 Å². The first-order valence-electron chi connectivity index (χ1n) is 32.4. The summed E-state index contributed by atoms with van der Waals surface area (Å²) in [5, 5.41) is 108. The van der Waals surface area contributed by atoms with Gasteiger partial charge in [-0.05, 0) is 129 Å². The number of hydrogen-bond donors (Lipinski definition) is 12. The highest BCUT2D eigenvalue weighted by Crippen LogP contribution is 2.53. The first-order chi connectivity index (χ1) is 56.7. The highest BCUT2D eigenvalue weighted by Gasteiger charge is 2.32. The molecule has 58 heteroatoms. The molecule has 121 heavy (non-hydrogen) atoms. The lowest BCUT2D eigenvalue weighted by molar-refractivity contribution is -0.432. The van der Waals surface area contributed by atoms with Gasteiger partial charge in [-0.15, -0.1) is 53.9 Å². The minimum atomic E-state index is -5.78. The van der Waals surface area contributed by atoms with Crippen molar-refractivity contribution in [2.75, 3.05) is 30.5 Å². The van der Waals surface area contributed by atoms with Crippen molar-refractivity contribution >= 4 is 208 Å². The Labute approximate surface area is 693 Å². The molecule has 0 aliphatic heterocycles. The van der Waals surface area contributed by atoms with Gasteiger partial charge in [0.15, 0.2) is 17.2 Å². The monoisotopic (exact) mass is 1870 g/mol. The highest BCUT2D eigenvalue weighted by atomic mass is 32.2. The maximum absolute atomic E-state index is 13.7. The van der Waals surface area contributed by atoms with Gasteiger partial charge in [-0.2, -0.15) is 69.2 Å². The number of aromatic hydroxyl groups is 2. The maximum atomic E-state index is 13.7. The topological polar surface area (TPSA) is 737 Å². The van der Waals surface area contributed by atoms with Crippen molar-refractivity contribution in [1.29, 1.82) is 0 Å². The molecule has 0 fully saturated rings. The van der Waals surface area contributed by atoms with E-state index in [0.29, 0.717) is 60.0 Å². The molecule has 0 aromatic heterocycles. The molecular weight excluding hydrogens is 1820 g/mol. The Morgan fingerprint density at radius 1 is 0.421 bits per heavy atom. The van der Waals surface area contributed by atoms with Crippen LogP contribution < -0.4 is 19.4 Å². The fourth-order valence-electron chi connectivity index (χ4n) is 10.8. The van der Waals surface area contributed by atoms with Gasteiger partial charge in [-0.1, -0.05) is 32.8 Å². The molecule has 0 saturated heterocycles. The molecule has 0 aliphatic carbocycles. The predicted molar refractivity (Wildman–Crippen MR) is 419 cm³/mol. The van der Waals surface area contributed by atoms with Crippen LogP contribution in [0.5, 0.6) is 28.7 Å². The lowest BCUT2D eigenvalue weighted by Crippen LogP contribution is -2.11. The number of phenols is 2. The average Bonchev–Trinajstić information content (AvgIpc) is 0.745. The lowest BCUT2D eigenvalue weighted by Gasteiger charge is -2.15. The van der Waals surface area contributed by atoms with E-state index in [0.717, 1.165) is 42.5 Å². The minimum Gasteiger partial charge on any atom is -0.505 e. The number of nitrogen functional groups attached to an aromatic ring is 1. The van der Waals surface area contributed by atoms with Crippen LogP contribution in [0.3, 0.4) is 0 Å². The fraction of sp³-hybridized carbons (Fsp3) is 0.143. The normalized spacial score (nSPS) is 12.9. The third-order valence-corrected chi connectivity index (χ3v) is 24.6. The summed E-state index contributed by atoms with van der Waals surface area (Å²) in [5.41, 5.74) is -0.0549. The summed E-state index contributed by atoms with van der Waals surface area (Å²) < 4.78 is 276. The van der Waals surface area contributed by atoms with Gasteiger partial charge in [0.05, 0.1) is 78.4 Å². The molecular formula is C63H54N12O36S10. The Hall–Kier alpha value is -10.7. The number of non-ortho nitro benzene ring substituents is 1. The summed E-state index contributed by atoms with van der Waals surface area (Å²) >= 11 is 1.26. The fourth-order valence-corrected chi connectivity index (χ4v) is 16.8. The van der Waals surface area contributed by atoms with E-state index >= 15 is 0 Å². The van der Waals surface area contributed by atoms with E-state index in [1.165, 1.54) is 62.4 Å². The van der Waals surface area contributed by atoms with Gasteiger partial charge in [0, 0.05) is 82.1 Å². The van der Waals surface area contributed by atoms with Crippen molar-refractivity contribution in [3.8, 4) is 28.7 Å². The minimum absolute atomic E-state index is 0.0282. The number of fused-ring (bicyclic) bond motifs is 3. The molecule has 0 spiro atoms. The molecule has 642 valence electrons. The number of nitro groups is 1. The largest absolute Gasteiger partial charge is 0.505 e. The first-order valence-corrected chi connectivity index (χ1v) is 45.0. The average molecular weight is 1880 g/mol. The zero-order valence-corrected chi connectivity index (χ0v) is 68.7. The number of phenolic OH excluding ortho intramolecular Hbond substituents is 2. The molecule has 0 bridgehead atoms. The predicted octanol–water partition coefficient (Wildman–Crippen LogP) is 15.4. The molecule has 48 nitrogen and oxygen atoms in total. The number of ether oxygens (including phenoxy) is 2. The van der Waals surface area contributed by atoms with E-state index in [2.05, 4.69) is 79.3 Å². The van der Waals surface area contributed by atoms with Gasteiger partial charge < -0.3 is 29.6 Å². The van der Waals surface area contributed by atoms with Crippen LogP contribution in [0.25, 0.3) is 32.3 Å². The molecule has 0 heterocycles. The third-order valence-electron chi connectivity index (χ3n) is 16.2. The number of hydrogen-bond acceptors (Lipinski definition) is 44. The number of rotatable bonds is 37. The van der Waals surface area contributed by atoms with Gasteiger partial charge in [0.2, 0.25) is 0 Å². The van der Waals surface area contributed by atoms with E-state index in [1.807, 2.05) is 0 Å². The Morgan fingerprint density at radius 3 is 1.45 bits per heavy atom. The third kappa shape index (κ3) is 22.3. The van der Waals surface area contributed by atoms with Crippen LogP contribution in [0, 0.1) is 30.9 Å². The van der Waals surface area contributed by atoms with Crippen LogP contribution in [-0.2, 0) is 98.9 Å². The van der Waals surface area contributed by atoms with E-state index < -0.39 is 210 Å². The summed E-state index contributed by atoms with van der Waals surface area (Å²) in [7, 11) is -37.6. The maximum Gasteiger partial charge on any atom is 0.339 e. The summed E-state index contributed by atoms with van der Waals surface area (Å²) in [6.45, 7) is 4.20. The van der Waals surface area contributed by atoms with Crippen LogP contribution >= 0.6 is 36.1 Å². The van der Waals surface area contributed by atoms with Gasteiger partial charge in [0.25, 0.3) is 66.4 Å². The molecule has 0 unspecified atom stereocenters. The summed E-state index contributed by atoms with van der Waals surface area (Å²) in [4.78, 5) is 2.27. The van der Waals surface area contributed by atoms with E-state index in [1.54, 1.807) is 6.92 Å². The Morgan fingerprint density at radius 2 is 0.917 bits per heavy atom. The second kappa shape index (κ2) is 37.7. The second-order valence-electron chi connectivity index (χ2n) is 24.2. The SMILES string of the molecule is Cc1ccc(S(=O)(=O)Oc2cc(S(=O)(=O)O)cc3cc(S(=O)(=O)O)cc(N=Nc4cc(OCCCSOOO)c(N=Nc5cc(OCCCSOOO)c(N=Nc6c(S(=O)(=O)O)cc7c(S(=O)(=O)O)c(N=Nc8cc(S(=O)(=O)O)c9cc(SOOO)c(N=Nc%10ccc([N+](=O)[O-])cc%10S(=O)(=O)O)c(O)c9c8N)ccc7c6O)cc5C)cc4C)c23)cc1. The van der Waals surface area contributed by atoms with Crippen molar-refractivity contribution in [2.45, 2.75) is 72.8 Å². The summed E-state index contributed by atoms with van der Waals surface area (Å²) in [5.74, 6) is -3.48. The smallest absolute Gasteiger partial charge is 0.339 e. The van der Waals surface area contributed by atoms with E-state index in [-0.39, 0.29) is 95.0 Å². The van der Waals surface area contributed by atoms with Crippen molar-refractivity contribution in [1.82, 2.24) is 0 Å². The standard InChI is InChI=1S/C63H54N12O36S10/c1-30-6-9-35(10-7-30)121(101,102)105-51-24-37(116(86,87)88)21-33-20-36(115(83,84)85)23-47(56(33)51)71-68-44-28-49(103-14-4-16-112-109-106-80)45(18-31(44)2)69-67-43-27-50(104-15-5-17-113-110-107-81)46(19-32(43)3)70-74-60-55(119(95,96)97)26-39-38(61(60)76)11-13-42(63(39)120(98,99)100)66-72-48-29-53(117(89,90)91)40-25-52(114-111-108-82)59(62(77)57(40)58(48)64)73-65-41-12-8-34(75(78)79)22-54(41)118(92,93)94/h6-13,18-29,76-77,80-82H,4-5,14-17,64H2,1-3H3,(H,83,84,85)(H,86,87,88)(H,89,90,91)(H,92,93,94)(H,95,96,97)(H,98,99,100). The summed E-state index contributed by atoms with van der Waals surface area (Å²) in [6.07, 6.45) is 0.278. The van der Waals surface area contributed by atoms with E-state index in [9.17, 15) is 107 Å². The number of benzene rings is 10. The van der Waals surface area contributed by atoms with Gasteiger partial charge in [0.1, 0.15) is 75.8 Å². The molecule has 10 rings (SSSR count). The van der Waals surface area contributed by atoms with Crippen molar-refractivity contribution in [2.24, 2.45) is 51.1 Å². The lowest BCUT2D eigenvalue weighted by atomic mass is 10.0. The zero-order valence-electron chi connectivity index (χ0n) is 60.5. The molecule has 10 aromatic carbocycles. The molecule has 0 radical (unpaired) electrons. The molecule has 10 aromatic rings. The van der Waals surface area contributed by atoms with Gasteiger partial charge in [-0.25, -0.2) is 15.8 Å². The molecule has 0 amide bonds. The first kappa shape index (κ1) is 92.6. The number of nitro benzene ring substituents is 1. The van der Waals surface area contributed by atoms with Crippen molar-refractivity contribution in [3.05, 3.63) is 148 Å². The van der Waals surface area contributed by atoms with Crippen molar-refractivity contribution < 1.29 is 159 Å². The second-order valence-corrected chi connectivity index (χ2v) is 36.4. The number of anilines is 1. The Kier molecular flexibility index (Phi) is 28.9. The Bertz CT molecular complexity index is 6850. The van der Waals surface area contributed by atoms with Gasteiger partial charge in [-0.3, -0.25) is 37.4 Å². The van der Waals surface area contributed by atoms with Crippen LogP contribution in [0.4, 0.5) is 68.2 Å². The summed E-state index contributed by atoms with van der Waals surface area (Å²) in [6, 6.07) is 18.2. The molecule has 0 atom stereocenters. The quantitative estimate of drug-likeness (QED) is 0.00198. The number of azo groups is 5. The van der Waals surface area contributed by atoms with Gasteiger partial charge >= 0.3 is 10.1 Å². The van der Waals surface area contributed by atoms with Crippen LogP contribution in [-0.4, -0.2) is 142 Å². The van der Waals surface area contributed by atoms with Crippen LogP contribution in [0.1, 0.15) is 29.5 Å². The van der Waals surface area contributed by atoms with Crippen LogP contribution in [0.2, 0.25) is 0 Å². The highest BCUT2D eigenvalue weighted by molar-refractivity contribution is 7.95. The number of aryl methyl sites for hydroxylation is 3. The van der Waals surface area contributed by atoms with E-state index in [4.69, 9.17) is 35.2 Å². The van der Waals surface area contributed by atoms with Crippen LogP contribution in [0.15, 0.2) is 212 Å². The number of nitrogens with two attached hydrogens (primary N) is 1. The molecule has 0 aliphatic rings.